The quantitative estimate of drug-likeness (QED) is 0.773. The van der Waals surface area contributed by atoms with E-state index in [9.17, 15) is 4.79 Å². The van der Waals surface area contributed by atoms with Crippen molar-refractivity contribution in [3.8, 4) is 0 Å². The van der Waals surface area contributed by atoms with Gasteiger partial charge in [0.05, 0.1) is 35.5 Å². The maximum Gasteiger partial charge on any atom is 0.259 e. The highest BCUT2D eigenvalue weighted by Gasteiger charge is 2.11. The zero-order chi connectivity index (χ0) is 12.3. The highest BCUT2D eigenvalue weighted by molar-refractivity contribution is 6.04. The highest BCUT2D eigenvalue weighted by Crippen LogP contribution is 2.10. The number of carbonyl (C=O) groups excluding carboxylic acids is 1. The van der Waals surface area contributed by atoms with Crippen LogP contribution in [0.1, 0.15) is 16.1 Å². The van der Waals surface area contributed by atoms with Crippen molar-refractivity contribution in [3.05, 3.63) is 35.9 Å². The first-order chi connectivity index (χ1) is 8.16. The zero-order valence-corrected chi connectivity index (χ0v) is 9.08. The van der Waals surface area contributed by atoms with Crippen molar-refractivity contribution in [2.45, 2.75) is 6.92 Å². The number of nitrogens with zero attached hydrogens (tertiary/aromatic N) is 4. The van der Waals surface area contributed by atoms with E-state index in [0.29, 0.717) is 16.9 Å². The van der Waals surface area contributed by atoms with E-state index in [-0.39, 0.29) is 11.9 Å². The average Bonchev–Trinajstić information content (AvgIpc) is 2.33. The topological polar surface area (TPSA) is 107 Å². The summed E-state index contributed by atoms with van der Waals surface area (Å²) in [5.41, 5.74) is 6.97. The zero-order valence-electron chi connectivity index (χ0n) is 9.08. The van der Waals surface area contributed by atoms with Gasteiger partial charge in [-0.1, -0.05) is 0 Å². The number of rotatable bonds is 2. The fraction of sp³-hybridized carbons (Fsp3) is 0.100. The minimum Gasteiger partial charge on any atom is -0.397 e. The molecule has 0 unspecified atom stereocenters. The van der Waals surface area contributed by atoms with E-state index in [2.05, 4.69) is 25.5 Å². The Kier molecular flexibility index (Phi) is 2.91. The summed E-state index contributed by atoms with van der Waals surface area (Å²) in [6.45, 7) is 1.72. The lowest BCUT2D eigenvalue weighted by molar-refractivity contribution is 0.102. The summed E-state index contributed by atoms with van der Waals surface area (Å²) in [4.78, 5) is 19.7. The lowest BCUT2D eigenvalue weighted by atomic mass is 10.2. The molecule has 2 aromatic rings. The Hall–Kier alpha value is -2.57. The number of hydrogen-bond donors (Lipinski definition) is 2. The summed E-state index contributed by atoms with van der Waals surface area (Å²) in [7, 11) is 0. The minimum absolute atomic E-state index is 0.138. The molecule has 1 amide bonds. The molecule has 0 aliphatic rings. The SMILES string of the molecule is Cc1ncc(N)cc1C(=O)Nc1nccnn1. The number of anilines is 2. The third kappa shape index (κ3) is 2.51. The summed E-state index contributed by atoms with van der Waals surface area (Å²) < 4.78 is 0. The third-order valence-electron chi connectivity index (χ3n) is 2.06. The predicted octanol–water partition coefficient (Wildman–Crippen LogP) is 0.410. The van der Waals surface area contributed by atoms with Crippen LogP contribution >= 0.6 is 0 Å². The summed E-state index contributed by atoms with van der Waals surface area (Å²) in [6.07, 6.45) is 4.35. The molecule has 0 spiro atoms. The van der Waals surface area contributed by atoms with Crippen LogP contribution < -0.4 is 11.1 Å². The van der Waals surface area contributed by atoms with E-state index in [1.165, 1.54) is 18.6 Å². The summed E-state index contributed by atoms with van der Waals surface area (Å²) in [6, 6.07) is 1.55. The van der Waals surface area contributed by atoms with E-state index in [0.717, 1.165) is 0 Å². The number of amides is 1. The van der Waals surface area contributed by atoms with Crippen LogP contribution in [0.2, 0.25) is 0 Å². The Morgan fingerprint density at radius 3 is 2.88 bits per heavy atom. The maximum absolute atomic E-state index is 11.9. The second-order valence-corrected chi connectivity index (χ2v) is 3.32. The molecule has 0 saturated heterocycles. The number of nitrogens with two attached hydrogens (primary N) is 1. The van der Waals surface area contributed by atoms with Gasteiger partial charge in [0.15, 0.2) is 0 Å². The molecule has 0 aliphatic heterocycles. The molecule has 2 aromatic heterocycles. The first-order valence-corrected chi connectivity index (χ1v) is 4.84. The van der Waals surface area contributed by atoms with E-state index >= 15 is 0 Å². The van der Waals surface area contributed by atoms with Crippen LogP contribution in [0.3, 0.4) is 0 Å². The molecule has 2 rings (SSSR count). The van der Waals surface area contributed by atoms with Gasteiger partial charge in [-0.25, -0.2) is 4.98 Å². The van der Waals surface area contributed by atoms with E-state index in [4.69, 9.17) is 5.73 Å². The molecule has 3 N–H and O–H groups in total. The van der Waals surface area contributed by atoms with Crippen LogP contribution in [-0.4, -0.2) is 26.1 Å². The van der Waals surface area contributed by atoms with Gasteiger partial charge < -0.3 is 5.73 Å². The van der Waals surface area contributed by atoms with Crippen molar-refractivity contribution in [1.29, 1.82) is 0 Å². The molecular weight excluding hydrogens is 220 g/mol. The second-order valence-electron chi connectivity index (χ2n) is 3.32. The van der Waals surface area contributed by atoms with Gasteiger partial charge in [-0.05, 0) is 13.0 Å². The van der Waals surface area contributed by atoms with Crippen LogP contribution in [0.15, 0.2) is 24.7 Å². The normalized spacial score (nSPS) is 9.94. The number of carbonyl (C=O) groups is 1. The molecule has 7 nitrogen and oxygen atoms in total. The number of aryl methyl sites for hydroxylation is 1. The first kappa shape index (κ1) is 10.9. The molecule has 17 heavy (non-hydrogen) atoms. The van der Waals surface area contributed by atoms with E-state index in [1.807, 2.05) is 0 Å². The van der Waals surface area contributed by atoms with Crippen LogP contribution in [0.4, 0.5) is 11.6 Å². The monoisotopic (exact) mass is 230 g/mol. The number of pyridine rings is 1. The molecule has 0 fully saturated rings. The van der Waals surface area contributed by atoms with Gasteiger partial charge in [0.25, 0.3) is 5.91 Å². The molecule has 0 aliphatic carbocycles. The smallest absolute Gasteiger partial charge is 0.259 e. The molecule has 2 heterocycles. The Morgan fingerprint density at radius 1 is 1.35 bits per heavy atom. The van der Waals surface area contributed by atoms with Crippen molar-refractivity contribution < 1.29 is 4.79 Å². The summed E-state index contributed by atoms with van der Waals surface area (Å²) in [5, 5.41) is 9.76. The summed E-state index contributed by atoms with van der Waals surface area (Å²) in [5.74, 6) is -0.227. The Bertz CT molecular complexity index is 542. The van der Waals surface area contributed by atoms with Gasteiger partial charge in [-0.2, -0.15) is 5.10 Å². The standard InChI is InChI=1S/C10H10N6O/c1-6-8(4-7(11)5-13-6)9(17)15-10-12-2-3-14-16-10/h2-5H,11H2,1H3,(H,12,15,16,17). The van der Waals surface area contributed by atoms with Gasteiger partial charge in [0.2, 0.25) is 5.95 Å². The fourth-order valence-corrected chi connectivity index (χ4v) is 1.25. The van der Waals surface area contributed by atoms with Crippen LogP contribution in [-0.2, 0) is 0 Å². The first-order valence-electron chi connectivity index (χ1n) is 4.84. The van der Waals surface area contributed by atoms with E-state index < -0.39 is 0 Å². The Balaban J connectivity index is 2.23. The largest absolute Gasteiger partial charge is 0.397 e. The van der Waals surface area contributed by atoms with Crippen molar-refractivity contribution in [1.82, 2.24) is 20.2 Å². The number of nitrogen functional groups attached to an aromatic ring is 1. The molecule has 0 atom stereocenters. The van der Waals surface area contributed by atoms with Crippen molar-refractivity contribution in [3.63, 3.8) is 0 Å². The van der Waals surface area contributed by atoms with Gasteiger partial charge in [0, 0.05) is 0 Å². The number of aromatic nitrogens is 4. The van der Waals surface area contributed by atoms with Crippen LogP contribution in [0.5, 0.6) is 0 Å². The number of hydrogen-bond acceptors (Lipinski definition) is 6. The Labute approximate surface area is 97.1 Å². The van der Waals surface area contributed by atoms with Gasteiger partial charge in [-0.15, -0.1) is 5.10 Å². The lowest BCUT2D eigenvalue weighted by Gasteiger charge is -2.05. The van der Waals surface area contributed by atoms with Crippen molar-refractivity contribution in [2.75, 3.05) is 11.1 Å². The molecule has 86 valence electrons. The van der Waals surface area contributed by atoms with Gasteiger partial charge in [0.1, 0.15) is 0 Å². The second kappa shape index (κ2) is 4.52. The van der Waals surface area contributed by atoms with Gasteiger partial charge in [-0.3, -0.25) is 15.1 Å². The molecule has 0 bridgehead atoms. The average molecular weight is 230 g/mol. The lowest BCUT2D eigenvalue weighted by Crippen LogP contribution is -2.16. The maximum atomic E-state index is 11.9. The molecule has 0 aromatic carbocycles. The van der Waals surface area contributed by atoms with Crippen molar-refractivity contribution in [2.24, 2.45) is 0 Å². The molecule has 0 radical (unpaired) electrons. The molecule has 7 heteroatoms. The third-order valence-corrected chi connectivity index (χ3v) is 2.06. The van der Waals surface area contributed by atoms with Crippen LogP contribution in [0, 0.1) is 6.92 Å². The molecular formula is C10H10N6O. The summed E-state index contributed by atoms with van der Waals surface area (Å²) >= 11 is 0. The van der Waals surface area contributed by atoms with Crippen LogP contribution in [0.25, 0.3) is 0 Å². The molecule has 0 saturated carbocycles. The van der Waals surface area contributed by atoms with Gasteiger partial charge >= 0.3 is 0 Å². The highest BCUT2D eigenvalue weighted by atomic mass is 16.1. The fourth-order valence-electron chi connectivity index (χ4n) is 1.25. The Morgan fingerprint density at radius 2 is 2.18 bits per heavy atom. The minimum atomic E-state index is -0.365. The van der Waals surface area contributed by atoms with Crippen molar-refractivity contribution >= 4 is 17.5 Å². The van der Waals surface area contributed by atoms with E-state index in [1.54, 1.807) is 13.0 Å². The predicted molar refractivity (Wildman–Crippen MR) is 61.2 cm³/mol. The number of nitrogens with one attached hydrogen (secondary N) is 1.